The molecule has 1 aromatic rings. The number of nitrogens with one attached hydrogen (secondary N) is 1. The lowest BCUT2D eigenvalue weighted by Crippen LogP contribution is -2.43. The summed E-state index contributed by atoms with van der Waals surface area (Å²) >= 11 is 0. The molecule has 0 atom stereocenters. The third-order valence-electron chi connectivity index (χ3n) is 3.83. The molecular formula is C14H19N3O3. The highest BCUT2D eigenvalue weighted by Crippen LogP contribution is 2.21. The minimum atomic E-state index is -0.448. The number of hydrogen-bond acceptors (Lipinski definition) is 4. The van der Waals surface area contributed by atoms with Crippen molar-refractivity contribution in [1.29, 1.82) is 0 Å². The van der Waals surface area contributed by atoms with E-state index >= 15 is 0 Å². The van der Waals surface area contributed by atoms with Crippen LogP contribution in [0.2, 0.25) is 0 Å². The minimum Gasteiger partial charge on any atom is -0.339 e. The lowest BCUT2D eigenvalue weighted by atomic mass is 10.0. The van der Waals surface area contributed by atoms with Crippen molar-refractivity contribution in [3.8, 4) is 0 Å². The molecule has 0 aliphatic carbocycles. The van der Waals surface area contributed by atoms with Crippen LogP contribution in [-0.4, -0.2) is 41.9 Å². The van der Waals surface area contributed by atoms with Crippen LogP contribution in [0.1, 0.15) is 28.8 Å². The van der Waals surface area contributed by atoms with Gasteiger partial charge in [0, 0.05) is 30.3 Å². The van der Waals surface area contributed by atoms with E-state index in [-0.39, 0.29) is 17.6 Å². The van der Waals surface area contributed by atoms with Crippen molar-refractivity contribution < 1.29 is 9.72 Å². The Balaban J connectivity index is 2.19. The van der Waals surface area contributed by atoms with E-state index < -0.39 is 4.92 Å². The van der Waals surface area contributed by atoms with E-state index in [9.17, 15) is 14.9 Å². The summed E-state index contributed by atoms with van der Waals surface area (Å²) in [7, 11) is 1.77. The molecule has 0 bridgehead atoms. The number of rotatable bonds is 3. The highest BCUT2D eigenvalue weighted by Gasteiger charge is 2.24. The summed E-state index contributed by atoms with van der Waals surface area (Å²) in [6.45, 7) is 3.47. The highest BCUT2D eigenvalue weighted by molar-refractivity contribution is 5.95. The first-order valence-electron chi connectivity index (χ1n) is 6.73. The number of carbonyl (C=O) groups is 1. The molecule has 0 saturated carbocycles. The molecule has 6 nitrogen and oxygen atoms in total. The average molecular weight is 277 g/mol. The fraction of sp³-hybridized carbons (Fsp3) is 0.500. The van der Waals surface area contributed by atoms with E-state index in [1.165, 1.54) is 6.07 Å². The van der Waals surface area contributed by atoms with Crippen molar-refractivity contribution in [2.75, 3.05) is 20.1 Å². The van der Waals surface area contributed by atoms with Crippen molar-refractivity contribution in [3.63, 3.8) is 0 Å². The Morgan fingerprint density at radius 3 is 2.65 bits per heavy atom. The number of piperidine rings is 1. The monoisotopic (exact) mass is 277 g/mol. The zero-order chi connectivity index (χ0) is 14.7. The topological polar surface area (TPSA) is 75.5 Å². The van der Waals surface area contributed by atoms with Gasteiger partial charge in [-0.1, -0.05) is 6.07 Å². The standard InChI is InChI=1S/C14H19N3O3/c1-10-3-4-11(9-13(10)17(19)20)14(18)16(2)12-5-7-15-8-6-12/h3-4,9,12,15H,5-8H2,1-2H3. The molecule has 1 aliphatic rings. The number of amides is 1. The molecule has 108 valence electrons. The molecule has 1 heterocycles. The largest absolute Gasteiger partial charge is 0.339 e. The summed E-state index contributed by atoms with van der Waals surface area (Å²) in [5.74, 6) is -0.153. The molecule has 1 saturated heterocycles. The zero-order valence-corrected chi connectivity index (χ0v) is 11.8. The smallest absolute Gasteiger partial charge is 0.273 e. The predicted molar refractivity (Wildman–Crippen MR) is 75.8 cm³/mol. The molecule has 0 spiro atoms. The second kappa shape index (κ2) is 6.00. The first kappa shape index (κ1) is 14.5. The molecule has 1 N–H and O–H groups in total. The molecule has 2 rings (SSSR count). The van der Waals surface area contributed by atoms with Gasteiger partial charge in [0.05, 0.1) is 4.92 Å². The fourth-order valence-corrected chi connectivity index (χ4v) is 2.50. The van der Waals surface area contributed by atoms with Gasteiger partial charge in [0.15, 0.2) is 0 Å². The minimum absolute atomic E-state index is 0.00504. The molecule has 20 heavy (non-hydrogen) atoms. The Bertz CT molecular complexity index is 524. The van der Waals surface area contributed by atoms with Gasteiger partial charge in [-0.2, -0.15) is 0 Å². The normalized spacial score (nSPS) is 15.9. The van der Waals surface area contributed by atoms with E-state index in [0.29, 0.717) is 11.1 Å². The Labute approximate surface area is 117 Å². The maximum Gasteiger partial charge on any atom is 0.273 e. The second-order valence-corrected chi connectivity index (χ2v) is 5.16. The Hall–Kier alpha value is -1.95. The van der Waals surface area contributed by atoms with Gasteiger partial charge in [-0.25, -0.2) is 0 Å². The summed E-state index contributed by atoms with van der Waals surface area (Å²) in [5, 5.41) is 14.2. The van der Waals surface area contributed by atoms with Crippen LogP contribution in [0.25, 0.3) is 0 Å². The van der Waals surface area contributed by atoms with Crippen LogP contribution in [0.5, 0.6) is 0 Å². The number of nitrogens with zero attached hydrogens (tertiary/aromatic N) is 2. The summed E-state index contributed by atoms with van der Waals surface area (Å²) in [6.07, 6.45) is 1.83. The summed E-state index contributed by atoms with van der Waals surface area (Å²) < 4.78 is 0. The molecule has 1 amide bonds. The number of carbonyl (C=O) groups excluding carboxylic acids is 1. The van der Waals surface area contributed by atoms with E-state index in [4.69, 9.17) is 0 Å². The van der Waals surface area contributed by atoms with Crippen molar-refractivity contribution in [1.82, 2.24) is 10.2 Å². The van der Waals surface area contributed by atoms with Gasteiger partial charge in [-0.3, -0.25) is 14.9 Å². The lowest BCUT2D eigenvalue weighted by molar-refractivity contribution is -0.385. The Kier molecular flexibility index (Phi) is 4.34. The van der Waals surface area contributed by atoms with Gasteiger partial charge in [-0.05, 0) is 38.9 Å². The Morgan fingerprint density at radius 1 is 1.40 bits per heavy atom. The lowest BCUT2D eigenvalue weighted by Gasteiger charge is -2.31. The van der Waals surface area contributed by atoms with Crippen LogP contribution < -0.4 is 5.32 Å². The summed E-state index contributed by atoms with van der Waals surface area (Å²) in [5.41, 5.74) is 0.939. The zero-order valence-electron chi connectivity index (χ0n) is 11.8. The van der Waals surface area contributed by atoms with Crippen LogP contribution in [0.4, 0.5) is 5.69 Å². The molecular weight excluding hydrogens is 258 g/mol. The summed E-state index contributed by atoms with van der Waals surface area (Å²) in [6, 6.07) is 4.85. The first-order valence-corrected chi connectivity index (χ1v) is 6.73. The second-order valence-electron chi connectivity index (χ2n) is 5.16. The van der Waals surface area contributed by atoms with Crippen molar-refractivity contribution in [2.24, 2.45) is 0 Å². The predicted octanol–water partition coefficient (Wildman–Crippen LogP) is 1.73. The van der Waals surface area contributed by atoms with Gasteiger partial charge in [0.25, 0.3) is 11.6 Å². The number of hydrogen-bond donors (Lipinski definition) is 1. The van der Waals surface area contributed by atoms with Gasteiger partial charge < -0.3 is 10.2 Å². The van der Waals surface area contributed by atoms with Crippen molar-refractivity contribution >= 4 is 11.6 Å². The first-order chi connectivity index (χ1) is 9.50. The van der Waals surface area contributed by atoms with Gasteiger partial charge in [0.2, 0.25) is 0 Å². The van der Waals surface area contributed by atoms with Gasteiger partial charge in [-0.15, -0.1) is 0 Å². The van der Waals surface area contributed by atoms with Gasteiger partial charge >= 0.3 is 0 Å². The maximum absolute atomic E-state index is 12.4. The number of nitro benzene ring substituents is 1. The van der Waals surface area contributed by atoms with Crippen LogP contribution in [0, 0.1) is 17.0 Å². The van der Waals surface area contributed by atoms with Crippen LogP contribution in [0.3, 0.4) is 0 Å². The van der Waals surface area contributed by atoms with Gasteiger partial charge in [0.1, 0.15) is 0 Å². The third-order valence-corrected chi connectivity index (χ3v) is 3.83. The third kappa shape index (κ3) is 2.96. The van der Waals surface area contributed by atoms with E-state index in [1.54, 1.807) is 31.0 Å². The average Bonchev–Trinajstić information content (AvgIpc) is 2.47. The van der Waals surface area contributed by atoms with Crippen LogP contribution in [0.15, 0.2) is 18.2 Å². The molecule has 0 radical (unpaired) electrons. The molecule has 1 aliphatic heterocycles. The molecule has 1 aromatic carbocycles. The molecule has 1 fully saturated rings. The molecule has 0 aromatic heterocycles. The quantitative estimate of drug-likeness (QED) is 0.674. The molecule has 6 heteroatoms. The van der Waals surface area contributed by atoms with Crippen molar-refractivity contribution in [2.45, 2.75) is 25.8 Å². The number of aryl methyl sites for hydroxylation is 1. The van der Waals surface area contributed by atoms with E-state index in [1.807, 2.05) is 0 Å². The van der Waals surface area contributed by atoms with E-state index in [0.717, 1.165) is 25.9 Å². The maximum atomic E-state index is 12.4. The SMILES string of the molecule is Cc1ccc(C(=O)N(C)C2CCNCC2)cc1[N+](=O)[O-]. The molecule has 0 unspecified atom stereocenters. The van der Waals surface area contributed by atoms with Crippen LogP contribution in [-0.2, 0) is 0 Å². The van der Waals surface area contributed by atoms with Crippen LogP contribution >= 0.6 is 0 Å². The Morgan fingerprint density at radius 2 is 2.05 bits per heavy atom. The summed E-state index contributed by atoms with van der Waals surface area (Å²) in [4.78, 5) is 24.6. The number of benzene rings is 1. The number of nitro groups is 1. The van der Waals surface area contributed by atoms with Crippen molar-refractivity contribution in [3.05, 3.63) is 39.4 Å². The fourth-order valence-electron chi connectivity index (χ4n) is 2.50. The van der Waals surface area contributed by atoms with E-state index in [2.05, 4.69) is 5.32 Å². The highest BCUT2D eigenvalue weighted by atomic mass is 16.6.